The lowest BCUT2D eigenvalue weighted by atomic mass is 10.3. The average molecular weight is 351 g/mol. The Balaban J connectivity index is 2.50. The highest BCUT2D eigenvalue weighted by Crippen LogP contribution is 2.22. The van der Waals surface area contributed by atoms with Crippen molar-refractivity contribution in [2.75, 3.05) is 24.2 Å². The minimum atomic E-state index is -0.136. The van der Waals surface area contributed by atoms with Crippen LogP contribution in [0.2, 0.25) is 10.0 Å². The maximum Gasteiger partial charge on any atom is 0.234 e. The van der Waals surface area contributed by atoms with Gasteiger partial charge in [0.25, 0.3) is 0 Å². The SMILES string of the molecule is CCN(CC)C(=S)SCC(=O)Nc1cc(Cl)cc(Cl)c1. The molecule has 20 heavy (non-hydrogen) atoms. The van der Waals surface area contributed by atoms with Gasteiger partial charge in [-0.25, -0.2) is 0 Å². The first kappa shape index (κ1) is 17.6. The second-order valence-electron chi connectivity index (χ2n) is 3.93. The topological polar surface area (TPSA) is 32.3 Å². The van der Waals surface area contributed by atoms with Gasteiger partial charge in [-0.15, -0.1) is 0 Å². The molecule has 7 heteroatoms. The van der Waals surface area contributed by atoms with Crippen LogP contribution >= 0.6 is 47.2 Å². The number of nitrogens with one attached hydrogen (secondary N) is 1. The molecule has 0 saturated carbocycles. The third-order valence-electron chi connectivity index (χ3n) is 2.49. The Morgan fingerprint density at radius 3 is 2.30 bits per heavy atom. The van der Waals surface area contributed by atoms with Crippen LogP contribution in [0.25, 0.3) is 0 Å². The number of anilines is 1. The Hall–Kier alpha value is -0.490. The molecule has 0 aliphatic rings. The zero-order valence-corrected chi connectivity index (χ0v) is 14.4. The predicted molar refractivity (Wildman–Crippen MR) is 93.1 cm³/mol. The van der Waals surface area contributed by atoms with Gasteiger partial charge in [0.2, 0.25) is 5.91 Å². The summed E-state index contributed by atoms with van der Waals surface area (Å²) in [5, 5.41) is 3.72. The van der Waals surface area contributed by atoms with Crippen LogP contribution in [-0.2, 0) is 4.79 Å². The molecule has 0 radical (unpaired) electrons. The molecule has 0 atom stereocenters. The Morgan fingerprint density at radius 1 is 1.25 bits per heavy atom. The number of rotatable bonds is 5. The van der Waals surface area contributed by atoms with E-state index in [1.165, 1.54) is 11.8 Å². The van der Waals surface area contributed by atoms with Crippen LogP contribution in [0, 0.1) is 0 Å². The Kier molecular flexibility index (Phi) is 7.66. The molecule has 0 fully saturated rings. The molecule has 110 valence electrons. The van der Waals surface area contributed by atoms with E-state index in [9.17, 15) is 4.79 Å². The highest BCUT2D eigenvalue weighted by Gasteiger charge is 2.10. The molecule has 0 spiro atoms. The second kappa shape index (κ2) is 8.72. The van der Waals surface area contributed by atoms with Gasteiger partial charge >= 0.3 is 0 Å². The van der Waals surface area contributed by atoms with Gasteiger partial charge in [0.15, 0.2) is 0 Å². The molecular formula is C13H16Cl2N2OS2. The van der Waals surface area contributed by atoms with E-state index in [4.69, 9.17) is 35.4 Å². The number of halogens is 2. The standard InChI is InChI=1S/C13H16Cl2N2OS2/c1-3-17(4-2)13(19)20-8-12(18)16-11-6-9(14)5-10(15)7-11/h5-7H,3-4,8H2,1-2H3,(H,16,18). The van der Waals surface area contributed by atoms with Gasteiger partial charge in [-0.3, -0.25) is 4.79 Å². The first-order chi connectivity index (χ1) is 9.46. The number of amides is 1. The van der Waals surface area contributed by atoms with Crippen LogP contribution < -0.4 is 5.32 Å². The van der Waals surface area contributed by atoms with Gasteiger partial charge in [-0.2, -0.15) is 0 Å². The summed E-state index contributed by atoms with van der Waals surface area (Å²) >= 11 is 18.4. The lowest BCUT2D eigenvalue weighted by Gasteiger charge is -2.20. The highest BCUT2D eigenvalue weighted by molar-refractivity contribution is 8.23. The summed E-state index contributed by atoms with van der Waals surface area (Å²) in [7, 11) is 0. The fraction of sp³-hybridized carbons (Fsp3) is 0.385. The monoisotopic (exact) mass is 350 g/mol. The van der Waals surface area contributed by atoms with Gasteiger partial charge < -0.3 is 10.2 Å². The van der Waals surface area contributed by atoms with Crippen LogP contribution in [-0.4, -0.2) is 34.0 Å². The van der Waals surface area contributed by atoms with E-state index in [0.29, 0.717) is 15.7 Å². The van der Waals surface area contributed by atoms with E-state index in [1.807, 2.05) is 18.7 Å². The summed E-state index contributed by atoms with van der Waals surface area (Å²) in [4.78, 5) is 13.9. The number of thioether (sulfide) groups is 1. The van der Waals surface area contributed by atoms with Crippen molar-refractivity contribution in [2.24, 2.45) is 0 Å². The van der Waals surface area contributed by atoms with Gasteiger partial charge in [0.1, 0.15) is 4.32 Å². The smallest absolute Gasteiger partial charge is 0.234 e. The summed E-state index contributed by atoms with van der Waals surface area (Å²) < 4.78 is 0.731. The van der Waals surface area contributed by atoms with Crippen LogP contribution in [0.1, 0.15) is 13.8 Å². The summed E-state index contributed by atoms with van der Waals surface area (Å²) in [5.74, 6) is 0.127. The number of benzene rings is 1. The highest BCUT2D eigenvalue weighted by atomic mass is 35.5. The third-order valence-corrected chi connectivity index (χ3v) is 4.45. The molecule has 1 amide bonds. The number of hydrogen-bond acceptors (Lipinski definition) is 3. The molecule has 1 N–H and O–H groups in total. The van der Waals surface area contributed by atoms with Crippen molar-refractivity contribution in [3.63, 3.8) is 0 Å². The quantitative estimate of drug-likeness (QED) is 0.802. The summed E-state index contributed by atoms with van der Waals surface area (Å²) in [6.45, 7) is 5.75. The van der Waals surface area contributed by atoms with E-state index in [1.54, 1.807) is 18.2 Å². The largest absolute Gasteiger partial charge is 0.358 e. The molecule has 0 aliphatic carbocycles. The van der Waals surface area contributed by atoms with Crippen molar-refractivity contribution < 1.29 is 4.79 Å². The fourth-order valence-corrected chi connectivity index (χ4v) is 3.25. The molecule has 1 aromatic rings. The van der Waals surface area contributed by atoms with E-state index in [2.05, 4.69) is 5.32 Å². The van der Waals surface area contributed by atoms with Crippen molar-refractivity contribution in [1.29, 1.82) is 0 Å². The van der Waals surface area contributed by atoms with Crippen molar-refractivity contribution in [1.82, 2.24) is 4.90 Å². The number of thiocarbonyl (C=S) groups is 1. The molecule has 1 rings (SSSR count). The summed E-state index contributed by atoms with van der Waals surface area (Å²) in [5.41, 5.74) is 0.585. The summed E-state index contributed by atoms with van der Waals surface area (Å²) in [6, 6.07) is 4.92. The first-order valence-electron chi connectivity index (χ1n) is 6.13. The Bertz CT molecular complexity index is 473. The maximum atomic E-state index is 11.8. The van der Waals surface area contributed by atoms with E-state index in [0.717, 1.165) is 17.4 Å². The van der Waals surface area contributed by atoms with Gasteiger partial charge in [-0.05, 0) is 32.0 Å². The number of hydrogen-bond donors (Lipinski definition) is 1. The lowest BCUT2D eigenvalue weighted by molar-refractivity contribution is -0.113. The Labute approximate surface area is 139 Å². The van der Waals surface area contributed by atoms with Crippen LogP contribution in [0.15, 0.2) is 18.2 Å². The van der Waals surface area contributed by atoms with Crippen molar-refractivity contribution in [3.8, 4) is 0 Å². The molecule has 3 nitrogen and oxygen atoms in total. The van der Waals surface area contributed by atoms with Crippen molar-refractivity contribution in [2.45, 2.75) is 13.8 Å². The van der Waals surface area contributed by atoms with Crippen LogP contribution in [0.4, 0.5) is 5.69 Å². The molecule has 0 saturated heterocycles. The molecule has 0 unspecified atom stereocenters. The minimum absolute atomic E-state index is 0.136. The van der Waals surface area contributed by atoms with Crippen molar-refractivity contribution >= 4 is 63.1 Å². The number of nitrogens with zero attached hydrogens (tertiary/aromatic N) is 1. The van der Waals surface area contributed by atoms with Gasteiger partial charge in [0.05, 0.1) is 5.75 Å². The van der Waals surface area contributed by atoms with E-state index in [-0.39, 0.29) is 11.7 Å². The summed E-state index contributed by atoms with van der Waals surface area (Å²) in [6.07, 6.45) is 0. The lowest BCUT2D eigenvalue weighted by Crippen LogP contribution is -2.28. The molecule has 1 aromatic carbocycles. The molecule has 0 aliphatic heterocycles. The number of carbonyl (C=O) groups is 1. The van der Waals surface area contributed by atoms with E-state index >= 15 is 0 Å². The van der Waals surface area contributed by atoms with Crippen LogP contribution in [0.3, 0.4) is 0 Å². The zero-order valence-electron chi connectivity index (χ0n) is 11.3. The normalized spacial score (nSPS) is 10.2. The maximum absolute atomic E-state index is 11.8. The molecule has 0 bridgehead atoms. The average Bonchev–Trinajstić information content (AvgIpc) is 2.36. The van der Waals surface area contributed by atoms with Gasteiger partial charge in [0, 0.05) is 28.8 Å². The van der Waals surface area contributed by atoms with Gasteiger partial charge in [-0.1, -0.05) is 47.2 Å². The fourth-order valence-electron chi connectivity index (χ4n) is 1.52. The Morgan fingerprint density at radius 2 is 1.80 bits per heavy atom. The first-order valence-corrected chi connectivity index (χ1v) is 8.28. The molecule has 0 heterocycles. The predicted octanol–water partition coefficient (Wildman–Crippen LogP) is 4.29. The molecular weight excluding hydrogens is 335 g/mol. The van der Waals surface area contributed by atoms with Crippen LogP contribution in [0.5, 0.6) is 0 Å². The van der Waals surface area contributed by atoms with E-state index < -0.39 is 0 Å². The van der Waals surface area contributed by atoms with Crippen molar-refractivity contribution in [3.05, 3.63) is 28.2 Å². The molecule has 0 aromatic heterocycles. The third kappa shape index (κ3) is 5.87. The minimum Gasteiger partial charge on any atom is -0.358 e. The number of carbonyl (C=O) groups excluding carboxylic acids is 1. The zero-order chi connectivity index (χ0) is 15.1. The second-order valence-corrected chi connectivity index (χ2v) is 6.42.